The van der Waals surface area contributed by atoms with E-state index in [0.29, 0.717) is 13.0 Å². The molecule has 0 aromatic heterocycles. The molecule has 0 radical (unpaired) electrons. The Morgan fingerprint density at radius 2 is 2.11 bits per heavy atom. The van der Waals surface area contributed by atoms with Crippen molar-refractivity contribution in [2.24, 2.45) is 0 Å². The highest BCUT2D eigenvalue weighted by Gasteiger charge is 2.27. The fourth-order valence-corrected chi connectivity index (χ4v) is 1.64. The smallest absolute Gasteiger partial charge is 0.354 e. The largest absolute Gasteiger partial charge is 0.401 e. The van der Waals surface area contributed by atoms with Gasteiger partial charge >= 0.3 is 6.18 Å². The van der Waals surface area contributed by atoms with Crippen molar-refractivity contribution in [1.29, 1.82) is 0 Å². The molecule has 1 unspecified atom stereocenters. The monoisotopic (exact) mass is 267 g/mol. The van der Waals surface area contributed by atoms with Crippen molar-refractivity contribution >= 4 is 11.8 Å². The summed E-state index contributed by atoms with van der Waals surface area (Å²) < 4.78 is 35.5. The molecule has 1 rings (SSSR count). The Labute approximate surface area is 102 Å². The maximum Gasteiger partial charge on any atom is 0.401 e. The van der Waals surface area contributed by atoms with Crippen LogP contribution in [0.25, 0.3) is 0 Å². The zero-order valence-electron chi connectivity index (χ0n) is 9.77. The molecule has 0 spiro atoms. The quantitative estimate of drug-likeness (QED) is 0.667. The average Bonchev–Trinajstić information content (AvgIpc) is 2.42. The van der Waals surface area contributed by atoms with Gasteiger partial charge in [-0.1, -0.05) is 0 Å². The highest BCUT2D eigenvalue weighted by molar-refractivity contribution is 5.88. The van der Waals surface area contributed by atoms with E-state index in [2.05, 4.69) is 10.6 Å². The number of nitrogens with one attached hydrogen (secondary N) is 3. The molecule has 0 aromatic rings. The molecule has 104 valence electrons. The number of alkyl halides is 3. The Kier molecular flexibility index (Phi) is 5.39. The molecular weight excluding hydrogens is 251 g/mol. The van der Waals surface area contributed by atoms with Crippen LogP contribution in [0.5, 0.6) is 0 Å². The molecule has 8 heteroatoms. The number of hydrogen-bond donors (Lipinski definition) is 3. The Balaban J connectivity index is 2.28. The van der Waals surface area contributed by atoms with E-state index < -0.39 is 31.2 Å². The summed E-state index contributed by atoms with van der Waals surface area (Å²) >= 11 is 0. The predicted molar refractivity (Wildman–Crippen MR) is 57.7 cm³/mol. The summed E-state index contributed by atoms with van der Waals surface area (Å²) in [5.74, 6) is -0.891. The van der Waals surface area contributed by atoms with Gasteiger partial charge in [-0.3, -0.25) is 9.59 Å². The minimum absolute atomic E-state index is 0.281. The molecule has 5 nitrogen and oxygen atoms in total. The van der Waals surface area contributed by atoms with Crippen LogP contribution in [0.4, 0.5) is 13.2 Å². The molecule has 0 bridgehead atoms. The second kappa shape index (κ2) is 6.58. The van der Waals surface area contributed by atoms with Gasteiger partial charge in [0.25, 0.3) is 0 Å². The van der Waals surface area contributed by atoms with Gasteiger partial charge in [0.1, 0.15) is 6.04 Å². The standard InChI is InChI=1S/C10H16F3N3O2/c11-10(12,13)6-14-5-8(17)16-7-3-1-2-4-15-9(7)18/h7,14H,1-6H2,(H,15,18)(H,16,17). The Morgan fingerprint density at radius 1 is 1.39 bits per heavy atom. The van der Waals surface area contributed by atoms with Gasteiger partial charge in [0, 0.05) is 6.54 Å². The summed E-state index contributed by atoms with van der Waals surface area (Å²) in [6.07, 6.45) is -2.21. The minimum Gasteiger partial charge on any atom is -0.354 e. The van der Waals surface area contributed by atoms with E-state index in [1.165, 1.54) is 0 Å². The lowest BCUT2D eigenvalue weighted by atomic mass is 10.1. The number of carbonyl (C=O) groups excluding carboxylic acids is 2. The molecule has 0 saturated carbocycles. The summed E-state index contributed by atoms with van der Waals surface area (Å²) in [7, 11) is 0. The molecule has 0 aliphatic carbocycles. The third-order valence-electron chi connectivity index (χ3n) is 2.48. The number of rotatable bonds is 4. The van der Waals surface area contributed by atoms with Crippen molar-refractivity contribution in [3.8, 4) is 0 Å². The first-order chi connectivity index (χ1) is 8.38. The number of hydrogen-bond acceptors (Lipinski definition) is 3. The van der Waals surface area contributed by atoms with Crippen LogP contribution < -0.4 is 16.0 Å². The van der Waals surface area contributed by atoms with Crippen molar-refractivity contribution in [2.75, 3.05) is 19.6 Å². The predicted octanol–water partition coefficient (Wildman–Crippen LogP) is -0.0768. The van der Waals surface area contributed by atoms with Gasteiger partial charge in [0.15, 0.2) is 0 Å². The normalized spacial score (nSPS) is 21.1. The van der Waals surface area contributed by atoms with E-state index in [4.69, 9.17) is 0 Å². The van der Waals surface area contributed by atoms with Crippen LogP contribution in [0.1, 0.15) is 19.3 Å². The average molecular weight is 267 g/mol. The first kappa shape index (κ1) is 14.7. The first-order valence-corrected chi connectivity index (χ1v) is 5.73. The highest BCUT2D eigenvalue weighted by atomic mass is 19.4. The van der Waals surface area contributed by atoms with Crippen LogP contribution in [0.2, 0.25) is 0 Å². The second-order valence-electron chi connectivity index (χ2n) is 4.13. The zero-order chi connectivity index (χ0) is 13.6. The molecule has 1 aliphatic rings. The molecule has 1 fully saturated rings. The molecular formula is C10H16F3N3O2. The summed E-state index contributed by atoms with van der Waals surface area (Å²) in [5, 5.41) is 7.02. The van der Waals surface area contributed by atoms with Gasteiger partial charge in [-0.15, -0.1) is 0 Å². The Bertz CT molecular complexity index is 307. The Morgan fingerprint density at radius 3 is 2.78 bits per heavy atom. The van der Waals surface area contributed by atoms with Crippen molar-refractivity contribution in [1.82, 2.24) is 16.0 Å². The Hall–Kier alpha value is -1.31. The van der Waals surface area contributed by atoms with E-state index in [-0.39, 0.29) is 5.91 Å². The van der Waals surface area contributed by atoms with Crippen LogP contribution in [0.3, 0.4) is 0 Å². The van der Waals surface area contributed by atoms with Crippen molar-refractivity contribution in [2.45, 2.75) is 31.5 Å². The third kappa shape index (κ3) is 5.85. The lowest BCUT2D eigenvalue weighted by Crippen LogP contribution is -2.48. The van der Waals surface area contributed by atoms with Gasteiger partial charge in [-0.05, 0) is 19.3 Å². The summed E-state index contributed by atoms with van der Waals surface area (Å²) in [5.41, 5.74) is 0. The van der Waals surface area contributed by atoms with Crippen LogP contribution in [-0.4, -0.2) is 43.7 Å². The van der Waals surface area contributed by atoms with E-state index in [9.17, 15) is 22.8 Å². The van der Waals surface area contributed by atoms with Gasteiger partial charge in [0.2, 0.25) is 11.8 Å². The van der Waals surface area contributed by atoms with E-state index >= 15 is 0 Å². The van der Waals surface area contributed by atoms with Gasteiger partial charge in [-0.2, -0.15) is 13.2 Å². The highest BCUT2D eigenvalue weighted by Crippen LogP contribution is 2.11. The van der Waals surface area contributed by atoms with Crippen LogP contribution in [0.15, 0.2) is 0 Å². The van der Waals surface area contributed by atoms with Crippen molar-refractivity contribution in [3.63, 3.8) is 0 Å². The van der Waals surface area contributed by atoms with Crippen molar-refractivity contribution in [3.05, 3.63) is 0 Å². The molecule has 18 heavy (non-hydrogen) atoms. The number of carbonyl (C=O) groups is 2. The lowest BCUT2D eigenvalue weighted by molar-refractivity contribution is -0.131. The maximum absolute atomic E-state index is 11.8. The van der Waals surface area contributed by atoms with Gasteiger partial charge in [-0.25, -0.2) is 0 Å². The minimum atomic E-state index is -4.35. The van der Waals surface area contributed by atoms with Gasteiger partial charge < -0.3 is 16.0 Å². The van der Waals surface area contributed by atoms with Crippen LogP contribution >= 0.6 is 0 Å². The second-order valence-corrected chi connectivity index (χ2v) is 4.13. The van der Waals surface area contributed by atoms with E-state index in [1.807, 2.05) is 5.32 Å². The topological polar surface area (TPSA) is 70.2 Å². The van der Waals surface area contributed by atoms with Crippen molar-refractivity contribution < 1.29 is 22.8 Å². The molecule has 2 amide bonds. The molecule has 1 atom stereocenters. The summed E-state index contributed by atoms with van der Waals surface area (Å²) in [4.78, 5) is 22.8. The molecule has 1 saturated heterocycles. The van der Waals surface area contributed by atoms with Crippen LogP contribution in [-0.2, 0) is 9.59 Å². The maximum atomic E-state index is 11.8. The zero-order valence-corrected chi connectivity index (χ0v) is 9.77. The SMILES string of the molecule is O=C(CNCC(F)(F)F)NC1CCCCNC1=O. The summed E-state index contributed by atoms with van der Waals surface area (Å²) in [6, 6.07) is -0.646. The lowest BCUT2D eigenvalue weighted by Gasteiger charge is -2.15. The third-order valence-corrected chi connectivity index (χ3v) is 2.48. The molecule has 3 N–H and O–H groups in total. The van der Waals surface area contributed by atoms with E-state index in [0.717, 1.165) is 12.8 Å². The fourth-order valence-electron chi connectivity index (χ4n) is 1.64. The number of amides is 2. The van der Waals surface area contributed by atoms with Gasteiger partial charge in [0.05, 0.1) is 13.1 Å². The molecule has 0 aromatic carbocycles. The first-order valence-electron chi connectivity index (χ1n) is 5.73. The van der Waals surface area contributed by atoms with E-state index in [1.54, 1.807) is 0 Å². The fraction of sp³-hybridized carbons (Fsp3) is 0.800. The molecule has 1 heterocycles. The summed E-state index contributed by atoms with van der Waals surface area (Å²) in [6.45, 7) is -1.11. The molecule has 1 aliphatic heterocycles. The van der Waals surface area contributed by atoms with Crippen LogP contribution in [0, 0.1) is 0 Å². The number of halogens is 3.